The molecule has 0 bridgehead atoms. The lowest BCUT2D eigenvalue weighted by Gasteiger charge is -2.30. The van der Waals surface area contributed by atoms with Crippen LogP contribution in [0.5, 0.6) is 5.75 Å². The first-order valence-corrected chi connectivity index (χ1v) is 12.8. The predicted octanol–water partition coefficient (Wildman–Crippen LogP) is 3.77. The molecule has 188 valence electrons. The molecule has 0 spiro atoms. The average molecular weight is 623 g/mol. The van der Waals surface area contributed by atoms with Gasteiger partial charge in [-0.15, -0.1) is 0 Å². The molecule has 4 atom stereocenters. The minimum absolute atomic E-state index is 0.00432. The molecule has 12 heteroatoms. The van der Waals surface area contributed by atoms with E-state index in [9.17, 15) is 29.3 Å². The van der Waals surface area contributed by atoms with Crippen molar-refractivity contribution in [2.24, 2.45) is 11.8 Å². The van der Waals surface area contributed by atoms with E-state index in [2.05, 4.69) is 31.9 Å². The molecule has 2 aliphatic rings. The molecule has 1 saturated heterocycles. The Bertz CT molecular complexity index is 1190. The zero-order valence-corrected chi connectivity index (χ0v) is 22.2. The summed E-state index contributed by atoms with van der Waals surface area (Å²) in [4.78, 5) is 63.8. The monoisotopic (exact) mass is 621 g/mol. The molecule has 3 amide bonds. The smallest absolute Gasteiger partial charge is 0.273 e. The number of methoxy groups -OCH3 is 1. The van der Waals surface area contributed by atoms with Crippen molar-refractivity contribution in [1.29, 1.82) is 0 Å². The van der Waals surface area contributed by atoms with Crippen molar-refractivity contribution >= 4 is 61.1 Å². The SMILES string of the molecule is COc1ccc(C(=O)CN(C(=O)c2ccc([N+](=O)[O-])cc2)N2C(=O)[C@@H]3C[C@H](Br)[C@@H](Br)C[C@H]3C2=O)cc1. The first-order valence-electron chi connectivity index (χ1n) is 11.0. The number of benzene rings is 2. The molecular formula is C24H21Br2N3O7. The van der Waals surface area contributed by atoms with Crippen molar-refractivity contribution < 1.29 is 28.8 Å². The number of Topliss-reactive ketones (excluding diaryl/α,β-unsaturated/α-hetero) is 1. The van der Waals surface area contributed by atoms with Crippen LogP contribution in [0.15, 0.2) is 48.5 Å². The number of imide groups is 1. The second kappa shape index (κ2) is 10.5. The number of ether oxygens (including phenoxy) is 1. The van der Waals surface area contributed by atoms with Crippen molar-refractivity contribution in [3.8, 4) is 5.75 Å². The first kappa shape index (κ1) is 26.0. The lowest BCUT2D eigenvalue weighted by Crippen LogP contribution is -2.52. The van der Waals surface area contributed by atoms with Gasteiger partial charge >= 0.3 is 0 Å². The zero-order valence-electron chi connectivity index (χ0n) is 19.0. The molecule has 1 heterocycles. The quantitative estimate of drug-likeness (QED) is 0.151. The van der Waals surface area contributed by atoms with Crippen molar-refractivity contribution in [3.63, 3.8) is 0 Å². The number of nitro benzene ring substituents is 1. The summed E-state index contributed by atoms with van der Waals surface area (Å²) in [5.74, 6) is -3.11. The second-order valence-electron chi connectivity index (χ2n) is 8.52. The number of alkyl halides is 2. The van der Waals surface area contributed by atoms with Gasteiger partial charge in [0.2, 0.25) is 0 Å². The Morgan fingerprint density at radius 1 is 0.972 bits per heavy atom. The van der Waals surface area contributed by atoms with Gasteiger partial charge in [0.05, 0.1) is 23.9 Å². The number of carbonyl (C=O) groups excluding carboxylic acids is 4. The van der Waals surface area contributed by atoms with Crippen molar-refractivity contribution in [1.82, 2.24) is 10.0 Å². The summed E-state index contributed by atoms with van der Waals surface area (Å²) >= 11 is 7.06. The topological polar surface area (TPSA) is 127 Å². The summed E-state index contributed by atoms with van der Waals surface area (Å²) in [6.45, 7) is -0.575. The number of rotatable bonds is 7. The number of non-ortho nitro benzene ring substituents is 1. The molecule has 36 heavy (non-hydrogen) atoms. The first-order chi connectivity index (χ1) is 17.1. The average Bonchev–Trinajstić information content (AvgIpc) is 3.11. The number of nitro groups is 1. The molecule has 0 radical (unpaired) electrons. The van der Waals surface area contributed by atoms with E-state index in [1.165, 1.54) is 31.4 Å². The summed E-state index contributed by atoms with van der Waals surface area (Å²) in [7, 11) is 1.49. The lowest BCUT2D eigenvalue weighted by molar-refractivity contribution is -0.384. The number of carbonyl (C=O) groups is 4. The molecule has 2 aromatic rings. The van der Waals surface area contributed by atoms with Gasteiger partial charge in [0, 0.05) is 32.9 Å². The summed E-state index contributed by atoms with van der Waals surface area (Å²) in [5, 5.41) is 12.6. The van der Waals surface area contributed by atoms with Gasteiger partial charge in [-0.1, -0.05) is 31.9 Å². The van der Waals surface area contributed by atoms with Crippen LogP contribution in [0.3, 0.4) is 0 Å². The van der Waals surface area contributed by atoms with Crippen LogP contribution in [-0.4, -0.2) is 61.8 Å². The van der Waals surface area contributed by atoms with Crippen LogP contribution in [0.25, 0.3) is 0 Å². The standard InChI is InChI=1S/C24H21Br2N3O7/c1-36-16-8-4-13(5-9-16)21(30)12-27(22(31)14-2-6-15(7-3-14)29(34)35)28-23(32)17-10-19(25)20(26)11-18(17)24(28)33/h2-9,17-20H,10-12H2,1H3/t17-,18-,19+,20+/m1/s1. The van der Waals surface area contributed by atoms with Gasteiger partial charge in [0.15, 0.2) is 5.78 Å². The van der Waals surface area contributed by atoms with Crippen LogP contribution < -0.4 is 4.74 Å². The highest BCUT2D eigenvalue weighted by Crippen LogP contribution is 2.43. The van der Waals surface area contributed by atoms with E-state index in [1.807, 2.05) is 0 Å². The van der Waals surface area contributed by atoms with E-state index in [4.69, 9.17) is 4.74 Å². The Balaban J connectivity index is 1.68. The van der Waals surface area contributed by atoms with E-state index in [0.29, 0.717) is 18.6 Å². The molecule has 1 saturated carbocycles. The number of halogens is 2. The largest absolute Gasteiger partial charge is 0.497 e. The van der Waals surface area contributed by atoms with Gasteiger partial charge in [-0.25, -0.2) is 5.01 Å². The fourth-order valence-corrected chi connectivity index (χ4v) is 5.66. The van der Waals surface area contributed by atoms with Crippen LogP contribution in [0.2, 0.25) is 0 Å². The Morgan fingerprint density at radius 2 is 1.47 bits per heavy atom. The zero-order chi connectivity index (χ0) is 26.1. The Morgan fingerprint density at radius 3 is 1.94 bits per heavy atom. The number of nitrogens with zero attached hydrogens (tertiary/aromatic N) is 3. The van der Waals surface area contributed by atoms with E-state index >= 15 is 0 Å². The third-order valence-corrected chi connectivity index (χ3v) is 9.13. The van der Waals surface area contributed by atoms with Crippen molar-refractivity contribution in [2.45, 2.75) is 22.5 Å². The fraction of sp³-hybridized carbons (Fsp3) is 0.333. The Kier molecular flexibility index (Phi) is 7.55. The highest BCUT2D eigenvalue weighted by atomic mass is 79.9. The Labute approximate surface area is 222 Å². The van der Waals surface area contributed by atoms with Crippen LogP contribution in [0, 0.1) is 22.0 Å². The van der Waals surface area contributed by atoms with Gasteiger partial charge in [-0.05, 0) is 49.2 Å². The third-order valence-electron chi connectivity index (χ3n) is 6.39. The van der Waals surface area contributed by atoms with Crippen LogP contribution in [-0.2, 0) is 9.59 Å². The van der Waals surface area contributed by atoms with E-state index in [-0.39, 0.29) is 26.5 Å². The van der Waals surface area contributed by atoms with Gasteiger partial charge in [0.25, 0.3) is 23.4 Å². The second-order valence-corrected chi connectivity index (χ2v) is 10.9. The highest BCUT2D eigenvalue weighted by molar-refractivity contribution is 9.12. The predicted molar refractivity (Wildman–Crippen MR) is 135 cm³/mol. The molecule has 2 aromatic carbocycles. The molecule has 10 nitrogen and oxygen atoms in total. The number of ketones is 1. The molecule has 2 fully saturated rings. The maximum atomic E-state index is 13.5. The van der Waals surface area contributed by atoms with E-state index < -0.39 is 46.8 Å². The fourth-order valence-electron chi connectivity index (χ4n) is 4.43. The summed E-state index contributed by atoms with van der Waals surface area (Å²) in [5.41, 5.74) is 0.0312. The minimum Gasteiger partial charge on any atom is -0.497 e. The summed E-state index contributed by atoms with van der Waals surface area (Å²) in [6.07, 6.45) is 0.793. The lowest BCUT2D eigenvalue weighted by atomic mass is 9.81. The van der Waals surface area contributed by atoms with E-state index in [1.54, 1.807) is 12.1 Å². The van der Waals surface area contributed by atoms with Gasteiger partial charge in [-0.2, -0.15) is 5.01 Å². The molecule has 0 unspecified atom stereocenters. The third kappa shape index (κ3) is 4.92. The highest BCUT2D eigenvalue weighted by Gasteiger charge is 2.54. The van der Waals surface area contributed by atoms with Crippen molar-refractivity contribution in [2.75, 3.05) is 13.7 Å². The molecule has 4 rings (SSSR count). The number of hydrogen-bond acceptors (Lipinski definition) is 7. The van der Waals surface area contributed by atoms with Gasteiger partial charge < -0.3 is 4.74 Å². The minimum atomic E-state index is -0.794. The summed E-state index contributed by atoms with van der Waals surface area (Å²) < 4.78 is 5.10. The molecule has 1 aliphatic heterocycles. The molecule has 0 N–H and O–H groups in total. The van der Waals surface area contributed by atoms with Crippen LogP contribution >= 0.6 is 31.9 Å². The number of hydrogen-bond donors (Lipinski definition) is 0. The molecule has 0 aromatic heterocycles. The van der Waals surface area contributed by atoms with E-state index in [0.717, 1.165) is 22.2 Å². The van der Waals surface area contributed by atoms with Gasteiger partial charge in [-0.3, -0.25) is 29.3 Å². The number of fused-ring (bicyclic) bond motifs is 1. The molecular weight excluding hydrogens is 602 g/mol. The van der Waals surface area contributed by atoms with Gasteiger partial charge in [0.1, 0.15) is 12.3 Å². The number of hydrazine groups is 1. The molecule has 1 aliphatic carbocycles. The van der Waals surface area contributed by atoms with Crippen LogP contribution in [0.1, 0.15) is 33.6 Å². The maximum absolute atomic E-state index is 13.5. The Hall–Kier alpha value is -3.12. The van der Waals surface area contributed by atoms with Crippen molar-refractivity contribution in [3.05, 3.63) is 69.8 Å². The summed E-state index contributed by atoms with van der Waals surface area (Å²) in [6, 6.07) is 11.0. The normalized spacial score (nSPS) is 23.2. The maximum Gasteiger partial charge on any atom is 0.273 e. The number of amides is 3. The van der Waals surface area contributed by atoms with Crippen LogP contribution in [0.4, 0.5) is 5.69 Å².